The van der Waals surface area contributed by atoms with Gasteiger partial charge >= 0.3 is 0 Å². The molecule has 0 aliphatic rings. The van der Waals surface area contributed by atoms with Crippen LogP contribution in [0.3, 0.4) is 0 Å². The van der Waals surface area contributed by atoms with E-state index in [1.807, 2.05) is 6.07 Å². The maximum absolute atomic E-state index is 5.68. The minimum atomic E-state index is 0.464. The molecule has 74 valence electrons. The Morgan fingerprint density at radius 2 is 2.14 bits per heavy atom. The van der Waals surface area contributed by atoms with E-state index in [-0.39, 0.29) is 0 Å². The SMILES string of the molecule is CC(C)c1cccc2cc(CN)oc12. The van der Waals surface area contributed by atoms with Crippen molar-refractivity contribution in [3.05, 3.63) is 35.6 Å². The summed E-state index contributed by atoms with van der Waals surface area (Å²) in [6, 6.07) is 8.25. The first-order valence-electron chi connectivity index (χ1n) is 4.93. The molecule has 0 unspecified atom stereocenters. The molecule has 1 heterocycles. The van der Waals surface area contributed by atoms with Gasteiger partial charge in [-0.15, -0.1) is 0 Å². The average Bonchev–Trinajstić information content (AvgIpc) is 2.59. The summed E-state index contributed by atoms with van der Waals surface area (Å²) in [6.45, 7) is 4.80. The van der Waals surface area contributed by atoms with Crippen LogP contribution in [0.25, 0.3) is 11.0 Å². The normalized spacial score (nSPS) is 11.4. The molecule has 0 radical (unpaired) electrons. The molecule has 0 atom stereocenters. The van der Waals surface area contributed by atoms with Crippen molar-refractivity contribution >= 4 is 11.0 Å². The van der Waals surface area contributed by atoms with Gasteiger partial charge in [0.15, 0.2) is 0 Å². The van der Waals surface area contributed by atoms with E-state index in [9.17, 15) is 0 Å². The fraction of sp³-hybridized carbons (Fsp3) is 0.333. The Labute approximate surface area is 83.7 Å². The second-order valence-electron chi connectivity index (χ2n) is 3.84. The van der Waals surface area contributed by atoms with Gasteiger partial charge in [-0.1, -0.05) is 32.0 Å². The van der Waals surface area contributed by atoms with Crippen LogP contribution < -0.4 is 5.73 Å². The van der Waals surface area contributed by atoms with E-state index < -0.39 is 0 Å². The lowest BCUT2D eigenvalue weighted by molar-refractivity contribution is 0.547. The summed E-state index contributed by atoms with van der Waals surface area (Å²) < 4.78 is 5.68. The second kappa shape index (κ2) is 3.46. The minimum Gasteiger partial charge on any atom is -0.459 e. The van der Waals surface area contributed by atoms with Crippen LogP contribution in [0, 0.1) is 0 Å². The first-order valence-corrected chi connectivity index (χ1v) is 4.93. The van der Waals surface area contributed by atoms with E-state index in [4.69, 9.17) is 10.2 Å². The van der Waals surface area contributed by atoms with Crippen LogP contribution in [0.1, 0.15) is 31.1 Å². The predicted molar refractivity (Wildman–Crippen MR) is 58.2 cm³/mol. The van der Waals surface area contributed by atoms with E-state index >= 15 is 0 Å². The quantitative estimate of drug-likeness (QED) is 0.788. The Hall–Kier alpha value is -1.28. The van der Waals surface area contributed by atoms with Crippen molar-refractivity contribution in [1.29, 1.82) is 0 Å². The van der Waals surface area contributed by atoms with Gasteiger partial charge in [-0.05, 0) is 17.5 Å². The molecule has 0 aliphatic heterocycles. The van der Waals surface area contributed by atoms with E-state index in [1.165, 1.54) is 5.56 Å². The molecule has 0 fully saturated rings. The molecule has 2 aromatic rings. The van der Waals surface area contributed by atoms with Crippen molar-refractivity contribution in [2.24, 2.45) is 5.73 Å². The van der Waals surface area contributed by atoms with Gasteiger partial charge in [-0.25, -0.2) is 0 Å². The van der Waals surface area contributed by atoms with Crippen LogP contribution in [0.2, 0.25) is 0 Å². The molecule has 2 rings (SSSR count). The lowest BCUT2D eigenvalue weighted by atomic mass is 10.0. The van der Waals surface area contributed by atoms with Crippen LogP contribution in [-0.2, 0) is 6.54 Å². The molecule has 1 aromatic heterocycles. The molecule has 2 N–H and O–H groups in total. The third-order valence-corrected chi connectivity index (χ3v) is 2.45. The van der Waals surface area contributed by atoms with Gasteiger partial charge in [-0.3, -0.25) is 0 Å². The van der Waals surface area contributed by atoms with Crippen LogP contribution >= 0.6 is 0 Å². The largest absolute Gasteiger partial charge is 0.459 e. The Morgan fingerprint density at radius 1 is 1.36 bits per heavy atom. The third-order valence-electron chi connectivity index (χ3n) is 2.45. The molecular formula is C12H15NO. The molecule has 0 spiro atoms. The van der Waals surface area contributed by atoms with Crippen LogP contribution in [0.4, 0.5) is 0 Å². The van der Waals surface area contributed by atoms with Crippen LogP contribution in [-0.4, -0.2) is 0 Å². The van der Waals surface area contributed by atoms with Crippen molar-refractivity contribution in [1.82, 2.24) is 0 Å². The van der Waals surface area contributed by atoms with Gasteiger partial charge in [0.2, 0.25) is 0 Å². The zero-order valence-electron chi connectivity index (χ0n) is 8.58. The Balaban J connectivity index is 2.66. The first kappa shape index (κ1) is 9.28. The summed E-state index contributed by atoms with van der Waals surface area (Å²) >= 11 is 0. The smallest absolute Gasteiger partial charge is 0.137 e. The molecule has 1 aromatic carbocycles. The molecule has 0 bridgehead atoms. The number of para-hydroxylation sites is 1. The van der Waals surface area contributed by atoms with E-state index in [2.05, 4.69) is 32.0 Å². The van der Waals surface area contributed by atoms with Crippen LogP contribution in [0.5, 0.6) is 0 Å². The Bertz CT molecular complexity index is 443. The highest BCUT2D eigenvalue weighted by Gasteiger charge is 2.09. The molecule has 2 heteroatoms. The van der Waals surface area contributed by atoms with Crippen molar-refractivity contribution in [3.63, 3.8) is 0 Å². The fourth-order valence-electron chi connectivity index (χ4n) is 1.69. The average molecular weight is 189 g/mol. The highest BCUT2D eigenvalue weighted by molar-refractivity contribution is 5.81. The van der Waals surface area contributed by atoms with E-state index in [0.29, 0.717) is 12.5 Å². The van der Waals surface area contributed by atoms with Gasteiger partial charge in [0.1, 0.15) is 11.3 Å². The highest BCUT2D eigenvalue weighted by Crippen LogP contribution is 2.27. The third kappa shape index (κ3) is 1.42. The van der Waals surface area contributed by atoms with Gasteiger partial charge < -0.3 is 10.2 Å². The van der Waals surface area contributed by atoms with Gasteiger partial charge in [0.05, 0.1) is 6.54 Å². The van der Waals surface area contributed by atoms with Gasteiger partial charge in [-0.2, -0.15) is 0 Å². The topological polar surface area (TPSA) is 39.2 Å². The maximum atomic E-state index is 5.68. The minimum absolute atomic E-state index is 0.464. The standard InChI is InChI=1S/C12H15NO/c1-8(2)11-5-3-4-9-6-10(7-13)14-12(9)11/h3-6,8H,7,13H2,1-2H3. The summed E-state index contributed by atoms with van der Waals surface area (Å²) in [5.74, 6) is 1.34. The lowest BCUT2D eigenvalue weighted by Gasteiger charge is -2.04. The highest BCUT2D eigenvalue weighted by atomic mass is 16.3. The number of furan rings is 1. The zero-order valence-corrected chi connectivity index (χ0v) is 8.58. The second-order valence-corrected chi connectivity index (χ2v) is 3.84. The molecule has 0 amide bonds. The Kier molecular flexibility index (Phi) is 2.30. The summed E-state index contributed by atoms with van der Waals surface area (Å²) in [4.78, 5) is 0. The molecule has 14 heavy (non-hydrogen) atoms. The molecule has 0 aliphatic carbocycles. The van der Waals surface area contributed by atoms with Gasteiger partial charge in [0, 0.05) is 5.39 Å². The van der Waals surface area contributed by atoms with Crippen molar-refractivity contribution in [3.8, 4) is 0 Å². The van der Waals surface area contributed by atoms with Crippen molar-refractivity contribution in [2.75, 3.05) is 0 Å². The molecular weight excluding hydrogens is 174 g/mol. The molecule has 2 nitrogen and oxygen atoms in total. The zero-order chi connectivity index (χ0) is 10.1. The maximum Gasteiger partial charge on any atom is 0.137 e. The fourth-order valence-corrected chi connectivity index (χ4v) is 1.69. The summed E-state index contributed by atoms with van der Waals surface area (Å²) in [7, 11) is 0. The van der Waals surface area contributed by atoms with Crippen LogP contribution in [0.15, 0.2) is 28.7 Å². The molecule has 0 saturated heterocycles. The number of benzene rings is 1. The number of nitrogens with two attached hydrogens (primary N) is 1. The van der Waals surface area contributed by atoms with E-state index in [1.54, 1.807) is 0 Å². The lowest BCUT2D eigenvalue weighted by Crippen LogP contribution is -1.92. The van der Waals surface area contributed by atoms with E-state index in [0.717, 1.165) is 16.7 Å². The summed E-state index contributed by atoms with van der Waals surface area (Å²) in [5, 5.41) is 1.15. The Morgan fingerprint density at radius 3 is 2.79 bits per heavy atom. The number of hydrogen-bond donors (Lipinski definition) is 1. The van der Waals surface area contributed by atoms with Crippen molar-refractivity contribution in [2.45, 2.75) is 26.3 Å². The number of hydrogen-bond acceptors (Lipinski definition) is 2. The monoisotopic (exact) mass is 189 g/mol. The van der Waals surface area contributed by atoms with Gasteiger partial charge in [0.25, 0.3) is 0 Å². The number of fused-ring (bicyclic) bond motifs is 1. The first-order chi connectivity index (χ1) is 6.72. The summed E-state index contributed by atoms with van der Waals surface area (Å²) in [5.41, 5.74) is 7.79. The predicted octanol–water partition coefficient (Wildman–Crippen LogP) is 3.01. The molecule has 0 saturated carbocycles. The summed E-state index contributed by atoms with van der Waals surface area (Å²) in [6.07, 6.45) is 0. The number of rotatable bonds is 2. The van der Waals surface area contributed by atoms with Crippen molar-refractivity contribution < 1.29 is 4.42 Å².